The molecule has 0 saturated heterocycles. The van der Waals surface area contributed by atoms with Crippen LogP contribution in [-0.2, 0) is 31.3 Å². The van der Waals surface area contributed by atoms with E-state index in [9.17, 15) is 26.7 Å². The normalized spacial score (nSPS) is 19.2. The third-order valence-electron chi connectivity index (χ3n) is 6.82. The minimum atomic E-state index is -3.87. The van der Waals surface area contributed by atoms with Crippen LogP contribution in [0.25, 0.3) is 0 Å². The van der Waals surface area contributed by atoms with E-state index < -0.39 is 32.2 Å². The number of carbonyl (C=O) groups excluding carboxylic acids is 1. The maximum atomic E-state index is 13.4. The molecule has 3 aromatic rings. The van der Waals surface area contributed by atoms with Crippen molar-refractivity contribution < 1.29 is 31.5 Å². The summed E-state index contributed by atoms with van der Waals surface area (Å²) in [7, 11) is -6.13. The maximum absolute atomic E-state index is 13.4. The Hall–Kier alpha value is -2.97. The van der Waals surface area contributed by atoms with Gasteiger partial charge in [-0.25, -0.2) is 16.8 Å². The third kappa shape index (κ3) is 6.66. The zero-order valence-electron chi connectivity index (χ0n) is 22.4. The molecule has 2 heterocycles. The summed E-state index contributed by atoms with van der Waals surface area (Å²) in [6, 6.07) is 15.3. The van der Waals surface area contributed by atoms with Crippen molar-refractivity contribution >= 4 is 43.0 Å². The zero-order valence-corrected chi connectivity index (χ0v) is 24.9. The number of hydrogen-bond donors (Lipinski definition) is 2. The van der Waals surface area contributed by atoms with E-state index in [1.165, 1.54) is 23.5 Å². The minimum Gasteiger partial charge on any atom is -0.488 e. The maximum Gasteiger partial charge on any atom is 0.261 e. The van der Waals surface area contributed by atoms with Crippen LogP contribution >= 0.6 is 11.3 Å². The fourth-order valence-electron chi connectivity index (χ4n) is 4.44. The summed E-state index contributed by atoms with van der Waals surface area (Å²) >= 11 is 1.13. The molecule has 1 aliphatic rings. The molecule has 10 nitrogen and oxygen atoms in total. The van der Waals surface area contributed by atoms with Crippen molar-refractivity contribution in [2.45, 2.75) is 41.5 Å². The first-order chi connectivity index (χ1) is 18.9. The summed E-state index contributed by atoms with van der Waals surface area (Å²) < 4.78 is 62.4. The SMILES string of the molecule is C[C@H]1CN([C@@H](C)CO)C(=O)Cc2cc(NS(=O)(=O)c3ccccc3)ccc2O[C@H]1CN(C)S(=O)(=O)c1cccs1. The van der Waals surface area contributed by atoms with Crippen LogP contribution in [0.15, 0.2) is 75.1 Å². The Bertz CT molecular complexity index is 1530. The van der Waals surface area contributed by atoms with E-state index in [0.717, 1.165) is 11.3 Å². The molecule has 3 atom stereocenters. The van der Waals surface area contributed by atoms with Gasteiger partial charge in [-0.1, -0.05) is 31.2 Å². The number of carbonyl (C=O) groups is 1. The number of amides is 1. The highest BCUT2D eigenvalue weighted by Crippen LogP contribution is 2.31. The van der Waals surface area contributed by atoms with Crippen LogP contribution in [0.5, 0.6) is 5.75 Å². The monoisotopic (exact) mass is 607 g/mol. The van der Waals surface area contributed by atoms with Crippen molar-refractivity contribution in [1.82, 2.24) is 9.21 Å². The molecule has 216 valence electrons. The van der Waals surface area contributed by atoms with Gasteiger partial charge in [0.15, 0.2) is 0 Å². The van der Waals surface area contributed by atoms with E-state index in [2.05, 4.69) is 4.72 Å². The molecule has 2 aromatic carbocycles. The number of aliphatic hydroxyl groups excluding tert-OH is 1. The lowest BCUT2D eigenvalue weighted by Crippen LogP contribution is -2.48. The molecular weight excluding hydrogens is 575 g/mol. The molecule has 40 heavy (non-hydrogen) atoms. The van der Waals surface area contributed by atoms with Crippen molar-refractivity contribution in [1.29, 1.82) is 0 Å². The van der Waals surface area contributed by atoms with E-state index in [0.29, 0.717) is 11.3 Å². The molecule has 0 saturated carbocycles. The first-order valence-electron chi connectivity index (χ1n) is 12.7. The van der Waals surface area contributed by atoms with E-state index in [1.54, 1.807) is 65.7 Å². The average Bonchev–Trinajstić information content (AvgIpc) is 3.49. The molecule has 1 aliphatic heterocycles. The van der Waals surface area contributed by atoms with E-state index in [1.807, 2.05) is 6.92 Å². The zero-order chi connectivity index (χ0) is 29.1. The van der Waals surface area contributed by atoms with Gasteiger partial charge in [0.1, 0.15) is 16.1 Å². The van der Waals surface area contributed by atoms with Gasteiger partial charge in [0.25, 0.3) is 20.0 Å². The second kappa shape index (κ2) is 12.3. The lowest BCUT2D eigenvalue weighted by Gasteiger charge is -2.33. The van der Waals surface area contributed by atoms with Crippen LogP contribution in [0, 0.1) is 5.92 Å². The van der Waals surface area contributed by atoms with Gasteiger partial charge in [-0.2, -0.15) is 4.31 Å². The second-order valence-corrected chi connectivity index (χ2v) is 14.7. The summed E-state index contributed by atoms with van der Waals surface area (Å²) in [6.45, 7) is 3.60. The average molecular weight is 608 g/mol. The minimum absolute atomic E-state index is 0.0127. The van der Waals surface area contributed by atoms with Gasteiger partial charge in [-0.15, -0.1) is 11.3 Å². The lowest BCUT2D eigenvalue weighted by molar-refractivity contribution is -0.134. The highest BCUT2D eigenvalue weighted by Gasteiger charge is 2.33. The number of benzene rings is 2. The van der Waals surface area contributed by atoms with Crippen molar-refractivity contribution in [3.8, 4) is 5.75 Å². The van der Waals surface area contributed by atoms with Crippen LogP contribution in [-0.4, -0.2) is 75.9 Å². The Kier molecular flexibility index (Phi) is 9.20. The van der Waals surface area contributed by atoms with Crippen molar-refractivity contribution in [3.05, 3.63) is 71.6 Å². The Morgan fingerprint density at radius 1 is 1.12 bits per heavy atom. The van der Waals surface area contributed by atoms with Gasteiger partial charge in [-0.3, -0.25) is 9.52 Å². The second-order valence-electron chi connectivity index (χ2n) is 9.85. The summed E-state index contributed by atoms with van der Waals surface area (Å²) in [4.78, 5) is 15.1. The number of thiophene rings is 1. The molecule has 0 bridgehead atoms. The predicted molar refractivity (Wildman–Crippen MR) is 153 cm³/mol. The van der Waals surface area contributed by atoms with Crippen molar-refractivity contribution in [2.75, 3.05) is 31.5 Å². The number of nitrogens with zero attached hydrogens (tertiary/aromatic N) is 2. The Balaban J connectivity index is 1.68. The lowest BCUT2D eigenvalue weighted by atomic mass is 10.0. The highest BCUT2D eigenvalue weighted by molar-refractivity contribution is 7.92. The fraction of sp³-hybridized carbons (Fsp3) is 0.370. The van der Waals surface area contributed by atoms with Gasteiger partial charge < -0.3 is 14.7 Å². The number of fused-ring (bicyclic) bond motifs is 1. The molecule has 2 N–H and O–H groups in total. The molecule has 0 aliphatic carbocycles. The Morgan fingerprint density at radius 2 is 1.85 bits per heavy atom. The molecule has 13 heteroatoms. The van der Waals surface area contributed by atoms with Gasteiger partial charge in [0.05, 0.1) is 30.5 Å². The standard InChI is InChI=1S/C27H33N3O7S3/c1-19-16-30(20(2)18-31)26(32)15-21-14-22(28-39(33,34)23-8-5-4-6-9-23)11-12-24(21)37-25(19)17-29(3)40(35,36)27-10-7-13-38-27/h4-14,19-20,25,28,31H,15-18H2,1-3H3/t19-,20-,25-/m0/s1. The molecule has 0 spiro atoms. The first-order valence-corrected chi connectivity index (χ1v) is 16.5. The van der Waals surface area contributed by atoms with Gasteiger partial charge in [0.2, 0.25) is 5.91 Å². The van der Waals surface area contributed by atoms with Gasteiger partial charge in [0, 0.05) is 30.8 Å². The van der Waals surface area contributed by atoms with Gasteiger partial charge in [-0.05, 0) is 48.7 Å². The number of sulfonamides is 2. The predicted octanol–water partition coefficient (Wildman–Crippen LogP) is 3.02. The highest BCUT2D eigenvalue weighted by atomic mass is 32.2. The fourth-order valence-corrected chi connectivity index (χ4v) is 7.89. The van der Waals surface area contributed by atoms with Crippen molar-refractivity contribution in [2.24, 2.45) is 5.92 Å². The number of anilines is 1. The first kappa shape index (κ1) is 30.0. The Morgan fingerprint density at radius 3 is 2.50 bits per heavy atom. The van der Waals surface area contributed by atoms with Crippen LogP contribution in [0.1, 0.15) is 19.4 Å². The smallest absolute Gasteiger partial charge is 0.261 e. The quantitative estimate of drug-likeness (QED) is 0.382. The number of hydrogen-bond acceptors (Lipinski definition) is 8. The molecule has 0 fully saturated rings. The van der Waals surface area contributed by atoms with E-state index in [-0.39, 0.29) is 52.7 Å². The van der Waals surface area contributed by atoms with E-state index >= 15 is 0 Å². The number of rotatable bonds is 9. The molecule has 1 aromatic heterocycles. The molecule has 1 amide bonds. The molecular formula is C27H33N3O7S3. The van der Waals surface area contributed by atoms with Gasteiger partial charge >= 0.3 is 0 Å². The third-order valence-corrected chi connectivity index (χ3v) is 11.4. The summed E-state index contributed by atoms with van der Waals surface area (Å²) in [5, 5.41) is 11.5. The van der Waals surface area contributed by atoms with E-state index in [4.69, 9.17) is 4.74 Å². The van der Waals surface area contributed by atoms with Crippen LogP contribution in [0.3, 0.4) is 0 Å². The Labute approximate surface area is 239 Å². The summed E-state index contributed by atoms with van der Waals surface area (Å²) in [5.41, 5.74) is 0.693. The molecule has 0 radical (unpaired) electrons. The number of nitrogens with one attached hydrogen (secondary N) is 1. The number of likely N-dealkylation sites (N-methyl/N-ethyl adjacent to an activating group) is 1. The topological polar surface area (TPSA) is 133 Å². The largest absolute Gasteiger partial charge is 0.488 e. The number of ether oxygens (including phenoxy) is 1. The summed E-state index contributed by atoms with van der Waals surface area (Å²) in [5.74, 6) is -0.212. The van der Waals surface area contributed by atoms with Crippen LogP contribution in [0.4, 0.5) is 5.69 Å². The summed E-state index contributed by atoms with van der Waals surface area (Å²) in [6.07, 6.45) is -0.742. The molecule has 0 unspecified atom stereocenters. The van der Waals surface area contributed by atoms with Crippen molar-refractivity contribution in [3.63, 3.8) is 0 Å². The van der Waals surface area contributed by atoms with Crippen LogP contribution < -0.4 is 9.46 Å². The number of aliphatic hydroxyl groups is 1. The molecule has 4 rings (SSSR count). The van der Waals surface area contributed by atoms with Crippen LogP contribution in [0.2, 0.25) is 0 Å².